The molecule has 0 atom stereocenters. The number of aromatic nitrogens is 2. The van der Waals surface area contributed by atoms with E-state index in [1.807, 2.05) is 0 Å². The molecule has 0 unspecified atom stereocenters. The SMILES string of the molecule is Cn1nc2c(c1CC(=O)O)COC2. The summed E-state index contributed by atoms with van der Waals surface area (Å²) >= 11 is 0. The number of fused-ring (bicyclic) bond motifs is 1. The number of ether oxygens (including phenoxy) is 1. The molecule has 70 valence electrons. The van der Waals surface area contributed by atoms with Gasteiger partial charge >= 0.3 is 5.97 Å². The normalized spacial score (nSPS) is 14.5. The van der Waals surface area contributed by atoms with Crippen molar-refractivity contribution in [1.82, 2.24) is 9.78 Å². The smallest absolute Gasteiger partial charge is 0.309 e. The van der Waals surface area contributed by atoms with Crippen molar-refractivity contribution in [3.8, 4) is 0 Å². The molecule has 0 aromatic carbocycles. The Balaban J connectivity index is 2.38. The van der Waals surface area contributed by atoms with Gasteiger partial charge in [0.05, 0.1) is 31.0 Å². The Kier molecular flexibility index (Phi) is 1.81. The maximum absolute atomic E-state index is 10.5. The molecule has 0 spiro atoms. The van der Waals surface area contributed by atoms with Gasteiger partial charge in [-0.15, -0.1) is 0 Å². The summed E-state index contributed by atoms with van der Waals surface area (Å²) in [5.74, 6) is -0.835. The lowest BCUT2D eigenvalue weighted by atomic mass is 10.2. The Hall–Kier alpha value is -1.36. The molecule has 5 nitrogen and oxygen atoms in total. The van der Waals surface area contributed by atoms with Gasteiger partial charge in [0, 0.05) is 12.6 Å². The van der Waals surface area contributed by atoms with Gasteiger partial charge in [-0.3, -0.25) is 9.48 Å². The van der Waals surface area contributed by atoms with Gasteiger partial charge in [0.25, 0.3) is 0 Å². The average molecular weight is 182 g/mol. The Labute approximate surface area is 74.9 Å². The molecule has 5 heteroatoms. The number of carboxylic acids is 1. The first-order valence-electron chi connectivity index (χ1n) is 4.01. The summed E-state index contributed by atoms with van der Waals surface area (Å²) < 4.78 is 6.79. The first kappa shape index (κ1) is 8.25. The van der Waals surface area contributed by atoms with Crippen molar-refractivity contribution in [2.45, 2.75) is 19.6 Å². The Morgan fingerprint density at radius 3 is 3.15 bits per heavy atom. The number of hydrogen-bond donors (Lipinski definition) is 1. The quantitative estimate of drug-likeness (QED) is 0.703. The van der Waals surface area contributed by atoms with Crippen molar-refractivity contribution in [3.63, 3.8) is 0 Å². The fourth-order valence-electron chi connectivity index (χ4n) is 1.56. The van der Waals surface area contributed by atoms with Crippen molar-refractivity contribution in [1.29, 1.82) is 0 Å². The zero-order chi connectivity index (χ0) is 9.42. The molecule has 0 saturated carbocycles. The van der Waals surface area contributed by atoms with E-state index in [1.54, 1.807) is 11.7 Å². The third-order valence-corrected chi connectivity index (χ3v) is 2.16. The van der Waals surface area contributed by atoms with Gasteiger partial charge in [-0.1, -0.05) is 0 Å². The van der Waals surface area contributed by atoms with Crippen molar-refractivity contribution in [3.05, 3.63) is 17.0 Å². The lowest BCUT2D eigenvalue weighted by Gasteiger charge is -2.00. The monoisotopic (exact) mass is 182 g/mol. The molecular weight excluding hydrogens is 172 g/mol. The zero-order valence-corrected chi connectivity index (χ0v) is 7.28. The minimum atomic E-state index is -0.835. The van der Waals surface area contributed by atoms with Crippen LogP contribution in [0.15, 0.2) is 0 Å². The van der Waals surface area contributed by atoms with Gasteiger partial charge in [-0.05, 0) is 0 Å². The first-order valence-corrected chi connectivity index (χ1v) is 4.01. The molecule has 0 aliphatic carbocycles. The molecule has 0 bridgehead atoms. The lowest BCUT2D eigenvalue weighted by molar-refractivity contribution is -0.136. The van der Waals surface area contributed by atoms with Crippen LogP contribution in [0.5, 0.6) is 0 Å². The molecule has 0 saturated heterocycles. The number of aliphatic carboxylic acids is 1. The largest absolute Gasteiger partial charge is 0.481 e. The van der Waals surface area contributed by atoms with Crippen molar-refractivity contribution in [2.24, 2.45) is 7.05 Å². The van der Waals surface area contributed by atoms with E-state index >= 15 is 0 Å². The summed E-state index contributed by atoms with van der Waals surface area (Å²) in [6.07, 6.45) is 0.0161. The highest BCUT2D eigenvalue weighted by Crippen LogP contribution is 2.22. The summed E-state index contributed by atoms with van der Waals surface area (Å²) in [7, 11) is 1.76. The van der Waals surface area contributed by atoms with Crippen molar-refractivity contribution in [2.75, 3.05) is 0 Å². The van der Waals surface area contributed by atoms with E-state index in [9.17, 15) is 4.79 Å². The second-order valence-corrected chi connectivity index (χ2v) is 3.06. The topological polar surface area (TPSA) is 64.4 Å². The summed E-state index contributed by atoms with van der Waals surface area (Å²) in [5, 5.41) is 12.8. The van der Waals surface area contributed by atoms with Crippen LogP contribution in [0.4, 0.5) is 0 Å². The molecule has 1 aliphatic rings. The molecule has 1 aliphatic heterocycles. The Bertz CT molecular complexity index is 357. The maximum Gasteiger partial charge on any atom is 0.309 e. The van der Waals surface area contributed by atoms with Crippen LogP contribution >= 0.6 is 0 Å². The van der Waals surface area contributed by atoms with Crippen LogP contribution in [0, 0.1) is 0 Å². The second-order valence-electron chi connectivity index (χ2n) is 3.06. The molecule has 1 N–H and O–H groups in total. The summed E-state index contributed by atoms with van der Waals surface area (Å²) in [4.78, 5) is 10.5. The number of aryl methyl sites for hydroxylation is 1. The molecule has 0 amide bonds. The number of rotatable bonds is 2. The van der Waals surface area contributed by atoms with Crippen molar-refractivity contribution < 1.29 is 14.6 Å². The van der Waals surface area contributed by atoms with Crippen LogP contribution in [-0.2, 0) is 36.2 Å². The van der Waals surface area contributed by atoms with E-state index in [0.29, 0.717) is 13.2 Å². The third kappa shape index (κ3) is 1.31. The Morgan fingerprint density at radius 2 is 2.46 bits per heavy atom. The van der Waals surface area contributed by atoms with E-state index in [2.05, 4.69) is 5.10 Å². The van der Waals surface area contributed by atoms with Crippen molar-refractivity contribution >= 4 is 5.97 Å². The van der Waals surface area contributed by atoms with Crippen LogP contribution < -0.4 is 0 Å². The van der Waals surface area contributed by atoms with Crippen LogP contribution in [0.25, 0.3) is 0 Å². The summed E-state index contributed by atoms with van der Waals surface area (Å²) in [6.45, 7) is 0.995. The molecule has 13 heavy (non-hydrogen) atoms. The molecule has 0 radical (unpaired) electrons. The maximum atomic E-state index is 10.5. The highest BCUT2D eigenvalue weighted by molar-refractivity contribution is 5.70. The van der Waals surface area contributed by atoms with Gasteiger partial charge in [0.1, 0.15) is 0 Å². The van der Waals surface area contributed by atoms with E-state index < -0.39 is 5.97 Å². The number of carbonyl (C=O) groups is 1. The summed E-state index contributed by atoms with van der Waals surface area (Å²) in [6, 6.07) is 0. The predicted molar refractivity (Wildman–Crippen MR) is 43.0 cm³/mol. The van der Waals surface area contributed by atoms with Gasteiger partial charge in [0.2, 0.25) is 0 Å². The molecular formula is C8H10N2O3. The molecule has 0 fully saturated rings. The zero-order valence-electron chi connectivity index (χ0n) is 7.28. The standard InChI is InChI=1S/C8H10N2O3/c1-10-7(2-8(11)12)5-3-13-4-6(5)9-10/h2-4H2,1H3,(H,11,12). The lowest BCUT2D eigenvalue weighted by Crippen LogP contribution is -2.08. The van der Waals surface area contributed by atoms with Crippen LogP contribution in [0.2, 0.25) is 0 Å². The van der Waals surface area contributed by atoms with Gasteiger partial charge in [-0.25, -0.2) is 0 Å². The Morgan fingerprint density at radius 1 is 1.69 bits per heavy atom. The molecule has 1 aromatic rings. The fourth-order valence-corrected chi connectivity index (χ4v) is 1.56. The molecule has 2 heterocycles. The second kappa shape index (κ2) is 2.85. The highest BCUT2D eigenvalue weighted by Gasteiger charge is 2.22. The fraction of sp³-hybridized carbons (Fsp3) is 0.500. The van der Waals surface area contributed by atoms with Crippen LogP contribution in [0.1, 0.15) is 17.0 Å². The van der Waals surface area contributed by atoms with Gasteiger partial charge in [0.15, 0.2) is 0 Å². The van der Waals surface area contributed by atoms with Gasteiger partial charge in [-0.2, -0.15) is 5.10 Å². The van der Waals surface area contributed by atoms with Crippen LogP contribution in [-0.4, -0.2) is 20.9 Å². The number of nitrogens with zero attached hydrogens (tertiary/aromatic N) is 2. The summed E-state index contributed by atoms with van der Waals surface area (Å²) in [5.41, 5.74) is 2.57. The minimum absolute atomic E-state index is 0.0161. The minimum Gasteiger partial charge on any atom is -0.481 e. The number of carboxylic acid groups (broad SMARTS) is 1. The first-order chi connectivity index (χ1) is 6.18. The van der Waals surface area contributed by atoms with E-state index in [4.69, 9.17) is 9.84 Å². The van der Waals surface area contributed by atoms with E-state index in [0.717, 1.165) is 17.0 Å². The molecule has 1 aromatic heterocycles. The highest BCUT2D eigenvalue weighted by atomic mass is 16.5. The predicted octanol–water partition coefficient (Wildman–Crippen LogP) is 0.0774. The van der Waals surface area contributed by atoms with E-state index in [1.165, 1.54) is 0 Å². The van der Waals surface area contributed by atoms with E-state index in [-0.39, 0.29) is 6.42 Å². The van der Waals surface area contributed by atoms with Crippen LogP contribution in [0.3, 0.4) is 0 Å². The average Bonchev–Trinajstić information content (AvgIpc) is 2.55. The third-order valence-electron chi connectivity index (χ3n) is 2.16. The van der Waals surface area contributed by atoms with Gasteiger partial charge < -0.3 is 9.84 Å². The molecule has 2 rings (SSSR count). The number of hydrogen-bond acceptors (Lipinski definition) is 3.